The molecule has 0 radical (unpaired) electrons. The van der Waals surface area contributed by atoms with Gasteiger partial charge in [-0.2, -0.15) is 0 Å². The summed E-state index contributed by atoms with van der Waals surface area (Å²) in [5.41, 5.74) is 10.0. The molecule has 1 aliphatic heterocycles. The van der Waals surface area contributed by atoms with E-state index in [1.54, 1.807) is 0 Å². The standard InChI is InChI=1S/C21H25N3O2/c1-13(2)14-7-9-15(10-8-14)18(22)12-23-21(26)17-11-20(25)24-19-6-4-3-5-16(17)19/h3-10,13,17-18H,11-12,22H2,1-2H3,(H,23,26)(H,24,25). The van der Waals surface area contributed by atoms with Crippen LogP contribution in [0, 0.1) is 0 Å². The van der Waals surface area contributed by atoms with E-state index in [1.807, 2.05) is 36.4 Å². The first-order chi connectivity index (χ1) is 12.5. The van der Waals surface area contributed by atoms with Crippen molar-refractivity contribution in [3.05, 3.63) is 65.2 Å². The number of rotatable bonds is 5. The molecule has 0 aromatic heterocycles. The van der Waals surface area contributed by atoms with Crippen LogP contribution >= 0.6 is 0 Å². The molecule has 5 nitrogen and oxygen atoms in total. The Bertz CT molecular complexity index is 799. The molecule has 5 heteroatoms. The van der Waals surface area contributed by atoms with Crippen LogP contribution in [0.15, 0.2) is 48.5 Å². The number of anilines is 1. The third-order valence-electron chi connectivity index (χ3n) is 4.84. The predicted molar refractivity (Wildman–Crippen MR) is 103 cm³/mol. The number of nitrogens with one attached hydrogen (secondary N) is 2. The Labute approximate surface area is 154 Å². The highest BCUT2D eigenvalue weighted by Gasteiger charge is 2.30. The molecule has 0 aliphatic carbocycles. The van der Waals surface area contributed by atoms with Crippen molar-refractivity contribution in [1.29, 1.82) is 0 Å². The number of benzene rings is 2. The first-order valence-electron chi connectivity index (χ1n) is 8.97. The number of amides is 2. The Morgan fingerprint density at radius 2 is 1.81 bits per heavy atom. The van der Waals surface area contributed by atoms with Gasteiger partial charge in [0.1, 0.15) is 0 Å². The molecule has 0 bridgehead atoms. The summed E-state index contributed by atoms with van der Waals surface area (Å²) in [4.78, 5) is 24.5. The van der Waals surface area contributed by atoms with E-state index in [2.05, 4.69) is 36.6 Å². The van der Waals surface area contributed by atoms with Crippen LogP contribution in [-0.4, -0.2) is 18.4 Å². The van der Waals surface area contributed by atoms with Crippen LogP contribution in [-0.2, 0) is 9.59 Å². The topological polar surface area (TPSA) is 84.2 Å². The van der Waals surface area contributed by atoms with Crippen LogP contribution in [0.5, 0.6) is 0 Å². The fourth-order valence-corrected chi connectivity index (χ4v) is 3.22. The van der Waals surface area contributed by atoms with E-state index >= 15 is 0 Å². The fourth-order valence-electron chi connectivity index (χ4n) is 3.22. The van der Waals surface area contributed by atoms with Crippen molar-refractivity contribution in [2.24, 2.45) is 5.73 Å². The van der Waals surface area contributed by atoms with E-state index in [1.165, 1.54) is 5.56 Å². The summed E-state index contributed by atoms with van der Waals surface area (Å²) in [7, 11) is 0. The van der Waals surface area contributed by atoms with Gasteiger partial charge in [0.2, 0.25) is 11.8 Å². The molecule has 1 heterocycles. The molecule has 2 atom stereocenters. The van der Waals surface area contributed by atoms with Crippen molar-refractivity contribution in [3.63, 3.8) is 0 Å². The molecule has 0 saturated carbocycles. The minimum absolute atomic E-state index is 0.141. The number of carbonyl (C=O) groups excluding carboxylic acids is 2. The summed E-state index contributed by atoms with van der Waals surface area (Å²) in [6.07, 6.45) is 0.154. The number of hydrogen-bond donors (Lipinski definition) is 3. The predicted octanol–water partition coefficient (Wildman–Crippen LogP) is 3.05. The second-order valence-corrected chi connectivity index (χ2v) is 7.07. The van der Waals surface area contributed by atoms with Crippen LogP contribution in [0.25, 0.3) is 0 Å². The maximum atomic E-state index is 12.6. The number of para-hydroxylation sites is 1. The summed E-state index contributed by atoms with van der Waals surface area (Å²) in [6, 6.07) is 15.3. The highest BCUT2D eigenvalue weighted by molar-refractivity contribution is 6.01. The maximum absolute atomic E-state index is 12.6. The summed E-state index contributed by atoms with van der Waals surface area (Å²) < 4.78 is 0. The SMILES string of the molecule is CC(C)c1ccc(C(N)CNC(=O)C2CC(=O)Nc3ccccc32)cc1. The van der Waals surface area contributed by atoms with Gasteiger partial charge in [0.15, 0.2) is 0 Å². The second-order valence-electron chi connectivity index (χ2n) is 7.07. The lowest BCUT2D eigenvalue weighted by Gasteiger charge is -2.25. The third-order valence-corrected chi connectivity index (χ3v) is 4.84. The number of carbonyl (C=O) groups is 2. The molecule has 3 rings (SSSR count). The van der Waals surface area contributed by atoms with Crippen molar-refractivity contribution in [3.8, 4) is 0 Å². The molecule has 0 fully saturated rings. The third kappa shape index (κ3) is 3.94. The monoisotopic (exact) mass is 351 g/mol. The maximum Gasteiger partial charge on any atom is 0.228 e. The molecule has 2 aromatic carbocycles. The summed E-state index contributed by atoms with van der Waals surface area (Å²) in [6.45, 7) is 4.63. The lowest BCUT2D eigenvalue weighted by Crippen LogP contribution is -2.38. The highest BCUT2D eigenvalue weighted by Crippen LogP contribution is 2.32. The van der Waals surface area contributed by atoms with Crippen LogP contribution in [0.3, 0.4) is 0 Å². The van der Waals surface area contributed by atoms with E-state index < -0.39 is 5.92 Å². The van der Waals surface area contributed by atoms with Crippen LogP contribution in [0.2, 0.25) is 0 Å². The molecule has 2 amide bonds. The highest BCUT2D eigenvalue weighted by atomic mass is 16.2. The molecular weight excluding hydrogens is 326 g/mol. The van der Waals surface area contributed by atoms with Crippen LogP contribution < -0.4 is 16.4 Å². The van der Waals surface area contributed by atoms with Gasteiger partial charge in [0.05, 0.1) is 5.92 Å². The van der Waals surface area contributed by atoms with Gasteiger partial charge in [0, 0.05) is 24.7 Å². The first-order valence-corrected chi connectivity index (χ1v) is 8.97. The van der Waals surface area contributed by atoms with Crippen molar-refractivity contribution >= 4 is 17.5 Å². The Hall–Kier alpha value is -2.66. The van der Waals surface area contributed by atoms with E-state index in [0.717, 1.165) is 11.1 Å². The van der Waals surface area contributed by atoms with E-state index in [9.17, 15) is 9.59 Å². The van der Waals surface area contributed by atoms with Gasteiger partial charge in [-0.3, -0.25) is 9.59 Å². The molecule has 26 heavy (non-hydrogen) atoms. The van der Waals surface area contributed by atoms with Crippen molar-refractivity contribution in [1.82, 2.24) is 5.32 Å². The number of fused-ring (bicyclic) bond motifs is 1. The quantitative estimate of drug-likeness (QED) is 0.774. The Kier molecular flexibility index (Phi) is 5.38. The molecule has 4 N–H and O–H groups in total. The Morgan fingerprint density at radius 1 is 1.15 bits per heavy atom. The molecule has 2 unspecified atom stereocenters. The first kappa shape index (κ1) is 18.1. The molecule has 2 aromatic rings. The van der Waals surface area contributed by atoms with Gasteiger partial charge in [0.25, 0.3) is 0 Å². The van der Waals surface area contributed by atoms with Gasteiger partial charge >= 0.3 is 0 Å². The summed E-state index contributed by atoms with van der Waals surface area (Å²) in [5.74, 6) is -0.313. The lowest BCUT2D eigenvalue weighted by molar-refractivity contribution is -0.126. The molecule has 0 saturated heterocycles. The van der Waals surface area contributed by atoms with Gasteiger partial charge in [-0.15, -0.1) is 0 Å². The minimum atomic E-state index is -0.476. The average molecular weight is 351 g/mol. The average Bonchev–Trinajstić information content (AvgIpc) is 2.65. The molecule has 1 aliphatic rings. The van der Waals surface area contributed by atoms with Gasteiger partial charge in [-0.25, -0.2) is 0 Å². The lowest BCUT2D eigenvalue weighted by atomic mass is 9.89. The number of nitrogens with two attached hydrogens (primary N) is 1. The van der Waals surface area contributed by atoms with E-state index in [-0.39, 0.29) is 24.3 Å². The Balaban J connectivity index is 1.64. The zero-order valence-corrected chi connectivity index (χ0v) is 15.2. The van der Waals surface area contributed by atoms with Crippen molar-refractivity contribution in [2.45, 2.75) is 38.1 Å². The van der Waals surface area contributed by atoms with E-state index in [4.69, 9.17) is 5.73 Å². The van der Waals surface area contributed by atoms with Crippen LogP contribution in [0.4, 0.5) is 5.69 Å². The van der Waals surface area contributed by atoms with Crippen molar-refractivity contribution in [2.75, 3.05) is 11.9 Å². The van der Waals surface area contributed by atoms with E-state index in [0.29, 0.717) is 18.2 Å². The molecular formula is C21H25N3O2. The van der Waals surface area contributed by atoms with Gasteiger partial charge in [-0.1, -0.05) is 56.3 Å². The smallest absolute Gasteiger partial charge is 0.228 e. The second kappa shape index (κ2) is 7.70. The largest absolute Gasteiger partial charge is 0.354 e. The minimum Gasteiger partial charge on any atom is -0.354 e. The number of hydrogen-bond acceptors (Lipinski definition) is 3. The summed E-state index contributed by atoms with van der Waals surface area (Å²) >= 11 is 0. The van der Waals surface area contributed by atoms with Crippen molar-refractivity contribution < 1.29 is 9.59 Å². The molecule has 0 spiro atoms. The Morgan fingerprint density at radius 3 is 2.50 bits per heavy atom. The van der Waals surface area contributed by atoms with Gasteiger partial charge < -0.3 is 16.4 Å². The van der Waals surface area contributed by atoms with Crippen LogP contribution in [0.1, 0.15) is 54.8 Å². The zero-order valence-electron chi connectivity index (χ0n) is 15.2. The normalized spacial score (nSPS) is 17.4. The zero-order chi connectivity index (χ0) is 18.7. The summed E-state index contributed by atoms with van der Waals surface area (Å²) in [5, 5.41) is 5.71. The molecule has 136 valence electrons. The fraction of sp³-hybridized carbons (Fsp3) is 0.333. The van der Waals surface area contributed by atoms with Gasteiger partial charge in [-0.05, 0) is 28.7 Å².